The fourth-order valence-corrected chi connectivity index (χ4v) is 3.05. The molecule has 0 aromatic carbocycles. The van der Waals surface area contributed by atoms with E-state index in [0.717, 1.165) is 5.82 Å². The molecule has 2 fully saturated rings. The first kappa shape index (κ1) is 12.9. The molecule has 1 aromatic heterocycles. The van der Waals surface area contributed by atoms with Crippen LogP contribution in [0.4, 0.5) is 5.82 Å². The first-order valence-electron chi connectivity index (χ1n) is 7.83. The summed E-state index contributed by atoms with van der Waals surface area (Å²) in [7, 11) is 0. The number of anilines is 1. The molecule has 0 amide bonds. The molecule has 2 aliphatic rings. The zero-order valence-electron chi connectivity index (χ0n) is 11.9. The molecule has 1 atom stereocenters. The molecule has 1 unspecified atom stereocenters. The lowest BCUT2D eigenvalue weighted by atomic mass is 9.96. The Hall–Kier alpha value is -1.09. The quantitative estimate of drug-likeness (QED) is 0.876. The Labute approximate surface area is 116 Å². The topological polar surface area (TPSA) is 28.2 Å². The number of pyridine rings is 1. The summed E-state index contributed by atoms with van der Waals surface area (Å²) in [5.74, 6) is 1.05. The van der Waals surface area contributed by atoms with Crippen molar-refractivity contribution in [2.24, 2.45) is 0 Å². The van der Waals surface area contributed by atoms with Gasteiger partial charge in [-0.15, -0.1) is 0 Å². The summed E-state index contributed by atoms with van der Waals surface area (Å²) in [6.45, 7) is 4.74. The molecule has 104 valence electrons. The minimum absolute atomic E-state index is 0.594. The Bertz CT molecular complexity index is 395. The van der Waals surface area contributed by atoms with Crippen LogP contribution in [0.5, 0.6) is 0 Å². The van der Waals surface area contributed by atoms with Crippen LogP contribution in [0.25, 0.3) is 0 Å². The number of aromatic nitrogens is 1. The van der Waals surface area contributed by atoms with Gasteiger partial charge in [-0.1, -0.05) is 19.4 Å². The molecule has 1 saturated heterocycles. The second-order valence-electron chi connectivity index (χ2n) is 5.94. The molecule has 1 N–H and O–H groups in total. The Morgan fingerprint density at radius 3 is 2.84 bits per heavy atom. The van der Waals surface area contributed by atoms with Crippen molar-refractivity contribution in [1.29, 1.82) is 0 Å². The summed E-state index contributed by atoms with van der Waals surface area (Å²) in [6, 6.07) is 5.71. The average molecular weight is 259 g/mol. The SMILES string of the molecule is CCCN1CCCCC1c1ccc(NC2CC2)nc1. The molecule has 1 saturated carbocycles. The average Bonchev–Trinajstić information content (AvgIpc) is 3.25. The first-order chi connectivity index (χ1) is 9.36. The van der Waals surface area contributed by atoms with Crippen molar-refractivity contribution in [3.8, 4) is 0 Å². The largest absolute Gasteiger partial charge is 0.367 e. The molecule has 3 rings (SSSR count). The van der Waals surface area contributed by atoms with Crippen molar-refractivity contribution in [3.05, 3.63) is 23.9 Å². The standard InChI is InChI=1S/C16H25N3/c1-2-10-19-11-4-3-5-15(19)13-6-9-16(17-12-13)18-14-7-8-14/h6,9,12,14-15H,2-5,7-8,10-11H2,1H3,(H,17,18). The van der Waals surface area contributed by atoms with E-state index >= 15 is 0 Å². The molecule has 0 bridgehead atoms. The maximum Gasteiger partial charge on any atom is 0.126 e. The molecule has 1 aliphatic carbocycles. The Balaban J connectivity index is 1.68. The van der Waals surface area contributed by atoms with Gasteiger partial charge in [-0.05, 0) is 56.8 Å². The van der Waals surface area contributed by atoms with E-state index in [4.69, 9.17) is 0 Å². The molecule has 0 radical (unpaired) electrons. The van der Waals surface area contributed by atoms with E-state index in [0.29, 0.717) is 12.1 Å². The summed E-state index contributed by atoms with van der Waals surface area (Å²) in [4.78, 5) is 7.22. The third kappa shape index (κ3) is 3.27. The van der Waals surface area contributed by atoms with Crippen LogP contribution in [-0.4, -0.2) is 29.0 Å². The fourth-order valence-electron chi connectivity index (χ4n) is 3.05. The molecule has 0 spiro atoms. The van der Waals surface area contributed by atoms with Gasteiger partial charge in [-0.25, -0.2) is 4.98 Å². The molecule has 3 nitrogen and oxygen atoms in total. The van der Waals surface area contributed by atoms with Gasteiger partial charge in [0.05, 0.1) is 0 Å². The minimum atomic E-state index is 0.594. The van der Waals surface area contributed by atoms with Crippen molar-refractivity contribution < 1.29 is 0 Å². The van der Waals surface area contributed by atoms with Crippen LogP contribution in [0.2, 0.25) is 0 Å². The van der Waals surface area contributed by atoms with E-state index in [1.807, 2.05) is 0 Å². The monoisotopic (exact) mass is 259 g/mol. The predicted octanol–water partition coefficient (Wildman–Crippen LogP) is 3.59. The number of piperidine rings is 1. The second-order valence-corrected chi connectivity index (χ2v) is 5.94. The van der Waals surface area contributed by atoms with Crippen molar-refractivity contribution in [2.75, 3.05) is 18.4 Å². The number of likely N-dealkylation sites (tertiary alicyclic amines) is 1. The summed E-state index contributed by atoms with van der Waals surface area (Å²) < 4.78 is 0. The highest BCUT2D eigenvalue weighted by molar-refractivity contribution is 5.38. The number of hydrogen-bond acceptors (Lipinski definition) is 3. The van der Waals surface area contributed by atoms with E-state index in [-0.39, 0.29) is 0 Å². The fraction of sp³-hybridized carbons (Fsp3) is 0.688. The molecule has 19 heavy (non-hydrogen) atoms. The number of nitrogens with zero attached hydrogens (tertiary/aromatic N) is 2. The van der Waals surface area contributed by atoms with Crippen LogP contribution in [0.1, 0.15) is 57.1 Å². The van der Waals surface area contributed by atoms with Gasteiger partial charge < -0.3 is 5.32 Å². The minimum Gasteiger partial charge on any atom is -0.367 e. The van der Waals surface area contributed by atoms with Crippen LogP contribution in [-0.2, 0) is 0 Å². The molecule has 1 aromatic rings. The van der Waals surface area contributed by atoms with Gasteiger partial charge in [-0.2, -0.15) is 0 Å². The smallest absolute Gasteiger partial charge is 0.126 e. The van der Waals surface area contributed by atoms with Crippen molar-refractivity contribution >= 4 is 5.82 Å². The van der Waals surface area contributed by atoms with Gasteiger partial charge in [0, 0.05) is 18.3 Å². The highest BCUT2D eigenvalue weighted by Crippen LogP contribution is 2.31. The third-order valence-corrected chi connectivity index (χ3v) is 4.22. The van der Waals surface area contributed by atoms with Crippen LogP contribution in [0.3, 0.4) is 0 Å². The lowest BCUT2D eigenvalue weighted by Crippen LogP contribution is -2.34. The lowest BCUT2D eigenvalue weighted by Gasteiger charge is -2.35. The van der Waals surface area contributed by atoms with Gasteiger partial charge in [0.1, 0.15) is 5.82 Å². The van der Waals surface area contributed by atoms with Gasteiger partial charge in [-0.3, -0.25) is 4.90 Å². The molecule has 2 heterocycles. The highest BCUT2D eigenvalue weighted by Gasteiger charge is 2.24. The molecular weight excluding hydrogens is 234 g/mol. The zero-order chi connectivity index (χ0) is 13.1. The van der Waals surface area contributed by atoms with Gasteiger partial charge in [0.15, 0.2) is 0 Å². The van der Waals surface area contributed by atoms with E-state index in [2.05, 4.69) is 40.5 Å². The van der Waals surface area contributed by atoms with E-state index in [9.17, 15) is 0 Å². The summed E-state index contributed by atoms with van der Waals surface area (Å²) >= 11 is 0. The maximum absolute atomic E-state index is 4.59. The van der Waals surface area contributed by atoms with Crippen LogP contribution in [0, 0.1) is 0 Å². The Kier molecular flexibility index (Phi) is 4.02. The number of nitrogens with one attached hydrogen (secondary N) is 1. The zero-order valence-corrected chi connectivity index (χ0v) is 11.9. The summed E-state index contributed by atoms with van der Waals surface area (Å²) in [6.07, 6.45) is 9.93. The lowest BCUT2D eigenvalue weighted by molar-refractivity contribution is 0.149. The maximum atomic E-state index is 4.59. The van der Waals surface area contributed by atoms with Crippen molar-refractivity contribution in [2.45, 2.75) is 57.5 Å². The van der Waals surface area contributed by atoms with E-state index < -0.39 is 0 Å². The van der Waals surface area contributed by atoms with E-state index in [1.54, 1.807) is 0 Å². The molecular formula is C16H25N3. The van der Waals surface area contributed by atoms with Crippen LogP contribution in [0.15, 0.2) is 18.3 Å². The normalized spacial score (nSPS) is 24.4. The molecule has 3 heteroatoms. The third-order valence-electron chi connectivity index (χ3n) is 4.22. The Morgan fingerprint density at radius 2 is 2.16 bits per heavy atom. The van der Waals surface area contributed by atoms with E-state index in [1.165, 1.54) is 57.2 Å². The number of hydrogen-bond donors (Lipinski definition) is 1. The van der Waals surface area contributed by atoms with Crippen LogP contribution < -0.4 is 5.32 Å². The molecule has 1 aliphatic heterocycles. The first-order valence-corrected chi connectivity index (χ1v) is 7.83. The van der Waals surface area contributed by atoms with Gasteiger partial charge in [0.2, 0.25) is 0 Å². The predicted molar refractivity (Wildman–Crippen MR) is 79.3 cm³/mol. The number of rotatable bonds is 5. The van der Waals surface area contributed by atoms with Crippen molar-refractivity contribution in [3.63, 3.8) is 0 Å². The van der Waals surface area contributed by atoms with Crippen LogP contribution >= 0.6 is 0 Å². The summed E-state index contributed by atoms with van der Waals surface area (Å²) in [5, 5.41) is 3.46. The van der Waals surface area contributed by atoms with Gasteiger partial charge >= 0.3 is 0 Å². The summed E-state index contributed by atoms with van der Waals surface area (Å²) in [5.41, 5.74) is 1.40. The van der Waals surface area contributed by atoms with Crippen molar-refractivity contribution in [1.82, 2.24) is 9.88 Å². The van der Waals surface area contributed by atoms with Gasteiger partial charge in [0.25, 0.3) is 0 Å². The second kappa shape index (κ2) is 5.91. The highest BCUT2D eigenvalue weighted by atomic mass is 15.2. The Morgan fingerprint density at radius 1 is 1.26 bits per heavy atom.